The first kappa shape index (κ1) is 19.6. The maximum atomic E-state index is 13.4. The molecule has 2 aromatic carbocycles. The lowest BCUT2D eigenvalue weighted by Crippen LogP contribution is -2.31. The molecule has 1 fully saturated rings. The van der Waals surface area contributed by atoms with Crippen molar-refractivity contribution in [1.82, 2.24) is 15.0 Å². The summed E-state index contributed by atoms with van der Waals surface area (Å²) in [6.45, 7) is 2.81. The topological polar surface area (TPSA) is 68.5 Å². The van der Waals surface area contributed by atoms with Gasteiger partial charge in [0.1, 0.15) is 34.4 Å². The first-order chi connectivity index (χ1) is 15.1. The SMILES string of the molecule is Cc1onc(-c2ccccc2Cl)c1C(=O)N1CCC(Oc2cccc3cccnc23)C1. The highest BCUT2D eigenvalue weighted by Gasteiger charge is 2.33. The summed E-state index contributed by atoms with van der Waals surface area (Å²) < 4.78 is 11.6. The molecule has 2 aromatic heterocycles. The highest BCUT2D eigenvalue weighted by molar-refractivity contribution is 6.33. The molecule has 1 atom stereocenters. The molecular formula is C24H20ClN3O3. The zero-order chi connectivity index (χ0) is 21.4. The maximum Gasteiger partial charge on any atom is 0.259 e. The van der Waals surface area contributed by atoms with E-state index in [1.54, 1.807) is 24.1 Å². The van der Waals surface area contributed by atoms with E-state index < -0.39 is 0 Å². The number of halogens is 1. The average molecular weight is 434 g/mol. The first-order valence-corrected chi connectivity index (χ1v) is 10.5. The van der Waals surface area contributed by atoms with Gasteiger partial charge in [-0.1, -0.05) is 53.2 Å². The number of aryl methyl sites for hydroxylation is 1. The molecule has 0 saturated carbocycles. The Hall–Kier alpha value is -3.38. The quantitative estimate of drug-likeness (QED) is 0.445. The van der Waals surface area contributed by atoms with Crippen LogP contribution in [0.2, 0.25) is 5.02 Å². The Morgan fingerprint density at radius 2 is 2.00 bits per heavy atom. The van der Waals surface area contributed by atoms with Gasteiger partial charge in [0, 0.05) is 30.1 Å². The van der Waals surface area contributed by atoms with E-state index in [2.05, 4.69) is 10.1 Å². The van der Waals surface area contributed by atoms with E-state index in [4.69, 9.17) is 20.9 Å². The van der Waals surface area contributed by atoms with Crippen LogP contribution >= 0.6 is 11.6 Å². The molecule has 1 aliphatic rings. The molecule has 0 aliphatic carbocycles. The summed E-state index contributed by atoms with van der Waals surface area (Å²) in [5, 5.41) is 5.66. The Bertz CT molecular complexity index is 1260. The van der Waals surface area contributed by atoms with Crippen LogP contribution in [0.25, 0.3) is 22.2 Å². The number of carbonyl (C=O) groups excluding carboxylic acids is 1. The standard InChI is InChI=1S/C24H20ClN3O3/c1-15-21(23(27-31-15)18-8-2-3-9-19(18)25)24(29)28-13-11-17(14-28)30-20-10-4-6-16-7-5-12-26-22(16)20/h2-10,12,17H,11,13-14H2,1H3. The Kier molecular flexibility index (Phi) is 5.08. The maximum absolute atomic E-state index is 13.4. The molecule has 0 N–H and O–H groups in total. The second kappa shape index (κ2) is 8.04. The smallest absolute Gasteiger partial charge is 0.259 e. The molecular weight excluding hydrogens is 414 g/mol. The summed E-state index contributed by atoms with van der Waals surface area (Å²) >= 11 is 6.33. The van der Waals surface area contributed by atoms with Crippen molar-refractivity contribution < 1.29 is 14.1 Å². The molecule has 5 rings (SSSR count). The molecule has 3 heterocycles. The van der Waals surface area contributed by atoms with Crippen molar-refractivity contribution in [3.8, 4) is 17.0 Å². The largest absolute Gasteiger partial charge is 0.486 e. The fraction of sp³-hybridized carbons (Fsp3) is 0.208. The van der Waals surface area contributed by atoms with Crippen LogP contribution in [0.4, 0.5) is 0 Å². The van der Waals surface area contributed by atoms with Crippen LogP contribution in [-0.4, -0.2) is 40.1 Å². The van der Waals surface area contributed by atoms with Crippen LogP contribution in [0.3, 0.4) is 0 Å². The summed E-state index contributed by atoms with van der Waals surface area (Å²) in [5.41, 5.74) is 2.42. The van der Waals surface area contributed by atoms with E-state index in [1.807, 2.05) is 48.5 Å². The first-order valence-electron chi connectivity index (χ1n) is 10.1. The molecule has 1 unspecified atom stereocenters. The number of carbonyl (C=O) groups is 1. The molecule has 6 nitrogen and oxygen atoms in total. The van der Waals surface area contributed by atoms with Gasteiger partial charge in [0.2, 0.25) is 0 Å². The van der Waals surface area contributed by atoms with Crippen LogP contribution in [-0.2, 0) is 0 Å². The number of hydrogen-bond donors (Lipinski definition) is 0. The minimum Gasteiger partial charge on any atom is -0.486 e. The molecule has 31 heavy (non-hydrogen) atoms. The van der Waals surface area contributed by atoms with Gasteiger partial charge in [0.05, 0.1) is 11.6 Å². The zero-order valence-electron chi connectivity index (χ0n) is 16.9. The summed E-state index contributed by atoms with van der Waals surface area (Å²) in [6, 6.07) is 17.1. The van der Waals surface area contributed by atoms with Crippen molar-refractivity contribution in [1.29, 1.82) is 0 Å². The van der Waals surface area contributed by atoms with Gasteiger partial charge >= 0.3 is 0 Å². The number of rotatable bonds is 4. The van der Waals surface area contributed by atoms with E-state index >= 15 is 0 Å². The minimum atomic E-state index is -0.129. The van der Waals surface area contributed by atoms with Crippen molar-refractivity contribution in [3.63, 3.8) is 0 Å². The van der Waals surface area contributed by atoms with Crippen LogP contribution < -0.4 is 4.74 Å². The van der Waals surface area contributed by atoms with Gasteiger partial charge in [-0.15, -0.1) is 0 Å². The molecule has 7 heteroatoms. The van der Waals surface area contributed by atoms with E-state index in [0.29, 0.717) is 40.7 Å². The summed E-state index contributed by atoms with van der Waals surface area (Å²) in [6.07, 6.45) is 2.38. The van der Waals surface area contributed by atoms with Gasteiger partial charge in [-0.05, 0) is 25.1 Å². The molecule has 1 amide bonds. The van der Waals surface area contributed by atoms with Crippen molar-refractivity contribution in [2.75, 3.05) is 13.1 Å². The fourth-order valence-corrected chi connectivity index (χ4v) is 4.20. The lowest BCUT2D eigenvalue weighted by atomic mass is 10.1. The number of hydrogen-bond acceptors (Lipinski definition) is 5. The summed E-state index contributed by atoms with van der Waals surface area (Å²) in [5.74, 6) is 1.08. The normalized spacial score (nSPS) is 16.1. The minimum absolute atomic E-state index is 0.111. The number of likely N-dealkylation sites (tertiary alicyclic amines) is 1. The highest BCUT2D eigenvalue weighted by atomic mass is 35.5. The lowest BCUT2D eigenvalue weighted by molar-refractivity contribution is 0.0771. The zero-order valence-corrected chi connectivity index (χ0v) is 17.7. The van der Waals surface area contributed by atoms with Crippen LogP contribution in [0.1, 0.15) is 22.5 Å². The van der Waals surface area contributed by atoms with Crippen LogP contribution in [0, 0.1) is 6.92 Å². The lowest BCUT2D eigenvalue weighted by Gasteiger charge is -2.18. The monoisotopic (exact) mass is 433 g/mol. The van der Waals surface area contributed by atoms with E-state index in [9.17, 15) is 4.79 Å². The molecule has 1 aliphatic heterocycles. The second-order valence-electron chi connectivity index (χ2n) is 7.55. The molecule has 4 aromatic rings. The Morgan fingerprint density at radius 3 is 2.87 bits per heavy atom. The Morgan fingerprint density at radius 1 is 1.16 bits per heavy atom. The number of aromatic nitrogens is 2. The third-order valence-corrected chi connectivity index (χ3v) is 5.86. The van der Waals surface area contributed by atoms with E-state index in [-0.39, 0.29) is 12.0 Å². The average Bonchev–Trinajstić information content (AvgIpc) is 3.41. The predicted octanol–water partition coefficient (Wildman–Crippen LogP) is 5.15. The molecule has 0 bridgehead atoms. The van der Waals surface area contributed by atoms with Crippen molar-refractivity contribution in [3.05, 3.63) is 77.1 Å². The van der Waals surface area contributed by atoms with Crippen LogP contribution in [0.5, 0.6) is 5.75 Å². The Balaban J connectivity index is 1.37. The van der Waals surface area contributed by atoms with Gasteiger partial charge in [0.25, 0.3) is 5.91 Å². The molecule has 1 saturated heterocycles. The van der Waals surface area contributed by atoms with E-state index in [0.717, 1.165) is 23.1 Å². The summed E-state index contributed by atoms with van der Waals surface area (Å²) in [7, 11) is 0. The molecule has 156 valence electrons. The highest BCUT2D eigenvalue weighted by Crippen LogP contribution is 2.33. The number of fused-ring (bicyclic) bond motifs is 1. The summed E-state index contributed by atoms with van der Waals surface area (Å²) in [4.78, 5) is 19.6. The van der Waals surface area contributed by atoms with Crippen LogP contribution in [0.15, 0.2) is 65.3 Å². The number of amides is 1. The number of ether oxygens (including phenoxy) is 1. The van der Waals surface area contributed by atoms with E-state index in [1.165, 1.54) is 0 Å². The van der Waals surface area contributed by atoms with Gasteiger partial charge in [-0.25, -0.2) is 0 Å². The number of pyridine rings is 1. The van der Waals surface area contributed by atoms with Gasteiger partial charge in [-0.3, -0.25) is 9.78 Å². The van der Waals surface area contributed by atoms with Gasteiger partial charge in [-0.2, -0.15) is 0 Å². The second-order valence-corrected chi connectivity index (χ2v) is 7.96. The van der Waals surface area contributed by atoms with Crippen molar-refractivity contribution >= 4 is 28.4 Å². The number of nitrogens with zero attached hydrogens (tertiary/aromatic N) is 3. The predicted molar refractivity (Wildman–Crippen MR) is 118 cm³/mol. The number of benzene rings is 2. The Labute approximate surface area is 184 Å². The third-order valence-electron chi connectivity index (χ3n) is 5.53. The van der Waals surface area contributed by atoms with Gasteiger partial charge < -0.3 is 14.2 Å². The van der Waals surface area contributed by atoms with Crippen molar-refractivity contribution in [2.24, 2.45) is 0 Å². The fourth-order valence-electron chi connectivity index (χ4n) is 3.98. The molecule has 0 radical (unpaired) electrons. The third kappa shape index (κ3) is 3.64. The molecule has 0 spiro atoms. The van der Waals surface area contributed by atoms with Crippen molar-refractivity contribution in [2.45, 2.75) is 19.4 Å². The van der Waals surface area contributed by atoms with Gasteiger partial charge in [0.15, 0.2) is 0 Å². The number of para-hydroxylation sites is 1.